The number of anilines is 2. The Hall–Kier alpha value is -3.93. The zero-order chi connectivity index (χ0) is 29.3. The van der Waals surface area contributed by atoms with E-state index in [0.717, 1.165) is 79.8 Å². The lowest BCUT2D eigenvalue weighted by atomic mass is 9.88. The SMILES string of the molecule is Cc1cc2[nH]ncc2c(N2CCc3c(nc(OCC45CCCN4CCC5)nc3N3CCCC4(C3)NC(=O)NC4=O)C2)c1C. The van der Waals surface area contributed by atoms with E-state index in [-0.39, 0.29) is 11.4 Å². The standard InChI is InChI=1S/C31H39N9O3/c1-19-14-23-22(15-32-37-23)25(20(19)2)38-13-6-21-24(16-38)33-29(43-18-30-7-3-11-40(30)12-4-8-30)34-26(21)39-10-5-9-31(17-39)27(41)35-28(42)36-31/h14-15H,3-13,16-18H2,1-2H3,(H,32,37)(H2,35,36,41,42). The normalized spacial score (nSPS) is 24.9. The highest BCUT2D eigenvalue weighted by atomic mass is 16.5. The van der Waals surface area contributed by atoms with Gasteiger partial charge in [-0.3, -0.25) is 20.1 Å². The molecule has 0 radical (unpaired) electrons. The molecule has 0 saturated carbocycles. The van der Waals surface area contributed by atoms with E-state index in [4.69, 9.17) is 14.7 Å². The van der Waals surface area contributed by atoms with Gasteiger partial charge < -0.3 is 19.9 Å². The van der Waals surface area contributed by atoms with Crippen LogP contribution < -0.4 is 25.2 Å². The Labute approximate surface area is 250 Å². The quantitative estimate of drug-likeness (QED) is 0.387. The molecule has 7 heterocycles. The molecule has 0 aliphatic carbocycles. The number of aryl methyl sites for hydroxylation is 1. The third-order valence-corrected chi connectivity index (χ3v) is 10.7. The van der Waals surface area contributed by atoms with Crippen molar-refractivity contribution in [3.05, 3.63) is 34.6 Å². The molecule has 3 aromatic rings. The van der Waals surface area contributed by atoms with Crippen molar-refractivity contribution in [3.8, 4) is 6.01 Å². The molecule has 1 aromatic carbocycles. The average molecular weight is 586 g/mol. The van der Waals surface area contributed by atoms with Crippen molar-refractivity contribution >= 4 is 34.3 Å². The van der Waals surface area contributed by atoms with Crippen LogP contribution in [0.15, 0.2) is 12.3 Å². The lowest BCUT2D eigenvalue weighted by Crippen LogP contribution is -2.59. The number of H-pyrrole nitrogens is 1. The Kier molecular flexibility index (Phi) is 6.08. The molecule has 5 aliphatic rings. The number of nitrogens with zero attached hydrogens (tertiary/aromatic N) is 6. The first kappa shape index (κ1) is 26.7. The van der Waals surface area contributed by atoms with Crippen LogP contribution in [0.4, 0.5) is 16.3 Å². The van der Waals surface area contributed by atoms with E-state index in [1.165, 1.54) is 29.7 Å². The lowest BCUT2D eigenvalue weighted by Gasteiger charge is -2.40. The Balaban J connectivity index is 1.16. The minimum atomic E-state index is -0.937. The molecule has 4 saturated heterocycles. The average Bonchev–Trinajstić information content (AvgIpc) is 3.76. The predicted octanol–water partition coefficient (Wildman–Crippen LogP) is 2.72. The number of aromatic amines is 1. The van der Waals surface area contributed by atoms with Crippen LogP contribution in [-0.2, 0) is 17.8 Å². The minimum absolute atomic E-state index is 0.0818. The maximum absolute atomic E-state index is 12.9. The molecule has 5 aliphatic heterocycles. The number of carbonyl (C=O) groups is 2. The number of hydrogen-bond donors (Lipinski definition) is 3. The summed E-state index contributed by atoms with van der Waals surface area (Å²) in [5, 5.41) is 14.0. The zero-order valence-corrected chi connectivity index (χ0v) is 25.0. The first-order valence-corrected chi connectivity index (χ1v) is 15.7. The Morgan fingerprint density at radius 2 is 1.81 bits per heavy atom. The van der Waals surface area contributed by atoms with Crippen LogP contribution in [0.3, 0.4) is 0 Å². The third kappa shape index (κ3) is 4.24. The van der Waals surface area contributed by atoms with Crippen molar-refractivity contribution in [2.45, 2.75) is 76.4 Å². The molecule has 226 valence electrons. The van der Waals surface area contributed by atoms with E-state index in [2.05, 4.69) is 55.4 Å². The number of piperidine rings is 1. The first-order chi connectivity index (χ1) is 20.8. The molecule has 1 unspecified atom stereocenters. The van der Waals surface area contributed by atoms with Gasteiger partial charge in [0.25, 0.3) is 5.91 Å². The van der Waals surface area contributed by atoms with Gasteiger partial charge in [-0.1, -0.05) is 0 Å². The fourth-order valence-corrected chi connectivity index (χ4v) is 8.33. The summed E-state index contributed by atoms with van der Waals surface area (Å²) < 4.78 is 6.52. The number of amides is 3. The van der Waals surface area contributed by atoms with Crippen LogP contribution >= 0.6 is 0 Å². The van der Waals surface area contributed by atoms with Crippen LogP contribution in [0.2, 0.25) is 0 Å². The van der Waals surface area contributed by atoms with E-state index in [0.29, 0.717) is 32.1 Å². The highest BCUT2D eigenvalue weighted by molar-refractivity contribution is 6.07. The summed E-state index contributed by atoms with van der Waals surface area (Å²) in [6, 6.07) is 2.13. The van der Waals surface area contributed by atoms with Gasteiger partial charge in [-0.05, 0) is 89.1 Å². The number of urea groups is 1. The van der Waals surface area contributed by atoms with Crippen LogP contribution in [0.25, 0.3) is 10.9 Å². The van der Waals surface area contributed by atoms with Crippen molar-refractivity contribution in [2.24, 2.45) is 0 Å². The number of nitrogens with one attached hydrogen (secondary N) is 3. The molecule has 2 aromatic heterocycles. The molecule has 3 amide bonds. The Morgan fingerprint density at radius 3 is 2.60 bits per heavy atom. The van der Waals surface area contributed by atoms with Crippen LogP contribution in [0, 0.1) is 13.8 Å². The molecule has 4 fully saturated rings. The molecule has 8 rings (SSSR count). The lowest BCUT2D eigenvalue weighted by molar-refractivity contribution is -0.124. The fourth-order valence-electron chi connectivity index (χ4n) is 8.33. The second-order valence-corrected chi connectivity index (χ2v) is 13.1. The van der Waals surface area contributed by atoms with Gasteiger partial charge in [-0.2, -0.15) is 15.1 Å². The van der Waals surface area contributed by atoms with E-state index in [9.17, 15) is 9.59 Å². The van der Waals surface area contributed by atoms with E-state index < -0.39 is 11.6 Å². The minimum Gasteiger partial charge on any atom is -0.461 e. The number of hydrogen-bond acceptors (Lipinski definition) is 9. The van der Waals surface area contributed by atoms with Gasteiger partial charge in [0.2, 0.25) is 0 Å². The van der Waals surface area contributed by atoms with E-state index >= 15 is 0 Å². The third-order valence-electron chi connectivity index (χ3n) is 10.7. The maximum Gasteiger partial charge on any atom is 0.322 e. The summed E-state index contributed by atoms with van der Waals surface area (Å²) in [5.74, 6) is 0.572. The summed E-state index contributed by atoms with van der Waals surface area (Å²) >= 11 is 0. The Morgan fingerprint density at radius 1 is 1.00 bits per heavy atom. The molecule has 12 nitrogen and oxygen atoms in total. The number of rotatable bonds is 5. The summed E-state index contributed by atoms with van der Waals surface area (Å²) in [5.41, 5.74) is 5.88. The van der Waals surface area contributed by atoms with Crippen LogP contribution in [0.5, 0.6) is 6.01 Å². The van der Waals surface area contributed by atoms with Crippen molar-refractivity contribution in [2.75, 3.05) is 49.1 Å². The number of carbonyl (C=O) groups excluding carboxylic acids is 2. The van der Waals surface area contributed by atoms with E-state index in [1.807, 2.05) is 6.20 Å². The first-order valence-electron chi connectivity index (χ1n) is 15.7. The second kappa shape index (κ2) is 9.80. The largest absolute Gasteiger partial charge is 0.461 e. The van der Waals surface area contributed by atoms with Crippen molar-refractivity contribution in [1.29, 1.82) is 0 Å². The summed E-state index contributed by atoms with van der Waals surface area (Å²) in [7, 11) is 0. The number of fused-ring (bicyclic) bond motifs is 3. The van der Waals surface area contributed by atoms with Gasteiger partial charge in [0.1, 0.15) is 18.0 Å². The monoisotopic (exact) mass is 585 g/mol. The zero-order valence-electron chi connectivity index (χ0n) is 25.0. The molecule has 3 N–H and O–H groups in total. The van der Waals surface area contributed by atoms with Gasteiger partial charge in [0.15, 0.2) is 0 Å². The number of ether oxygens (including phenoxy) is 1. The van der Waals surface area contributed by atoms with Crippen LogP contribution in [-0.4, -0.2) is 87.4 Å². The molecule has 1 spiro atoms. The second-order valence-electron chi connectivity index (χ2n) is 13.1. The van der Waals surface area contributed by atoms with Gasteiger partial charge in [0.05, 0.1) is 41.7 Å². The van der Waals surface area contributed by atoms with Crippen molar-refractivity contribution in [1.82, 2.24) is 35.7 Å². The van der Waals surface area contributed by atoms with E-state index in [1.54, 1.807) is 0 Å². The van der Waals surface area contributed by atoms with Crippen molar-refractivity contribution < 1.29 is 14.3 Å². The Bertz CT molecular complexity index is 1630. The fraction of sp³-hybridized carbons (Fsp3) is 0.581. The molecule has 43 heavy (non-hydrogen) atoms. The molecule has 12 heteroatoms. The molecular weight excluding hydrogens is 546 g/mol. The molecule has 0 bridgehead atoms. The number of aromatic nitrogens is 4. The van der Waals surface area contributed by atoms with Gasteiger partial charge in [-0.25, -0.2) is 4.79 Å². The van der Waals surface area contributed by atoms with Gasteiger partial charge in [0, 0.05) is 24.0 Å². The van der Waals surface area contributed by atoms with Gasteiger partial charge >= 0.3 is 12.0 Å². The highest BCUT2D eigenvalue weighted by Crippen LogP contribution is 2.41. The van der Waals surface area contributed by atoms with Crippen LogP contribution in [0.1, 0.15) is 60.9 Å². The molecule has 1 atom stereocenters. The maximum atomic E-state index is 12.9. The van der Waals surface area contributed by atoms with Crippen molar-refractivity contribution in [3.63, 3.8) is 0 Å². The summed E-state index contributed by atoms with van der Waals surface area (Å²) in [4.78, 5) is 42.3. The smallest absolute Gasteiger partial charge is 0.322 e. The van der Waals surface area contributed by atoms with Gasteiger partial charge in [-0.15, -0.1) is 0 Å². The number of benzene rings is 1. The highest BCUT2D eigenvalue weighted by Gasteiger charge is 2.49. The summed E-state index contributed by atoms with van der Waals surface area (Å²) in [6.07, 6.45) is 8.76. The number of imide groups is 1. The topological polar surface area (TPSA) is 132 Å². The summed E-state index contributed by atoms with van der Waals surface area (Å²) in [6.45, 7) is 9.74. The molecular formula is C31H39N9O3. The predicted molar refractivity (Wildman–Crippen MR) is 161 cm³/mol.